The standard InChI is InChI=1S/C21H26BrClN2O3/c22-17-7-15(23)8-18-19(17)16(10-25(18)11-21(27)12-28-13-21)20(26)24-9-14-5-3-1-2-4-6-14/h7-8,10,14,27H,1-6,9,11-13H2,(H,24,26). The van der Waals surface area contributed by atoms with Crippen molar-refractivity contribution in [1.82, 2.24) is 9.88 Å². The minimum atomic E-state index is -0.894. The smallest absolute Gasteiger partial charge is 0.253 e. The number of ether oxygens (including phenoxy) is 1. The number of amides is 1. The minimum absolute atomic E-state index is 0.0760. The summed E-state index contributed by atoms with van der Waals surface area (Å²) in [5.41, 5.74) is 0.546. The van der Waals surface area contributed by atoms with Gasteiger partial charge in [0.1, 0.15) is 5.60 Å². The Hall–Kier alpha value is -1.08. The molecule has 4 rings (SSSR count). The number of nitrogens with one attached hydrogen (secondary N) is 1. The van der Waals surface area contributed by atoms with Gasteiger partial charge in [-0.05, 0) is 30.9 Å². The molecule has 0 spiro atoms. The summed E-state index contributed by atoms with van der Waals surface area (Å²) in [6, 6.07) is 3.64. The van der Waals surface area contributed by atoms with Crippen LogP contribution in [-0.2, 0) is 11.3 Å². The van der Waals surface area contributed by atoms with Gasteiger partial charge in [-0.2, -0.15) is 0 Å². The Kier molecular flexibility index (Phi) is 6.02. The van der Waals surface area contributed by atoms with Gasteiger partial charge in [-0.15, -0.1) is 0 Å². The van der Waals surface area contributed by atoms with Crippen LogP contribution in [-0.4, -0.2) is 40.9 Å². The number of hydrogen-bond donors (Lipinski definition) is 2. The minimum Gasteiger partial charge on any atom is -0.383 e. The lowest BCUT2D eigenvalue weighted by molar-refractivity contribution is -0.184. The second kappa shape index (κ2) is 8.34. The van der Waals surface area contributed by atoms with E-state index in [1.807, 2.05) is 16.8 Å². The van der Waals surface area contributed by atoms with Crippen LogP contribution in [0.25, 0.3) is 10.9 Å². The summed E-state index contributed by atoms with van der Waals surface area (Å²) in [4.78, 5) is 13.0. The number of aromatic nitrogens is 1. The Balaban J connectivity index is 1.59. The number of carbonyl (C=O) groups is 1. The van der Waals surface area contributed by atoms with E-state index in [1.165, 1.54) is 38.5 Å². The maximum atomic E-state index is 13.0. The third kappa shape index (κ3) is 4.25. The van der Waals surface area contributed by atoms with E-state index in [0.29, 0.717) is 42.8 Å². The van der Waals surface area contributed by atoms with Crippen LogP contribution in [0.5, 0.6) is 0 Å². The molecule has 28 heavy (non-hydrogen) atoms. The SMILES string of the molecule is O=C(NCC1CCCCCC1)c1cn(CC2(O)COC2)c2cc(Cl)cc(Br)c12. The molecule has 2 heterocycles. The maximum Gasteiger partial charge on any atom is 0.253 e. The Morgan fingerprint density at radius 3 is 2.64 bits per heavy atom. The molecule has 7 heteroatoms. The third-order valence-corrected chi connectivity index (χ3v) is 6.72. The lowest BCUT2D eigenvalue weighted by atomic mass is 10.0. The van der Waals surface area contributed by atoms with E-state index in [0.717, 1.165) is 15.4 Å². The monoisotopic (exact) mass is 468 g/mol. The Bertz CT molecular complexity index is 870. The molecule has 1 amide bonds. The van der Waals surface area contributed by atoms with Crippen molar-refractivity contribution in [2.24, 2.45) is 5.92 Å². The van der Waals surface area contributed by atoms with Crippen LogP contribution in [0.3, 0.4) is 0 Å². The van der Waals surface area contributed by atoms with E-state index in [4.69, 9.17) is 16.3 Å². The lowest BCUT2D eigenvalue weighted by Crippen LogP contribution is -2.52. The first-order valence-electron chi connectivity index (χ1n) is 10.0. The predicted octanol–water partition coefficient (Wildman–Crippen LogP) is 4.52. The quantitative estimate of drug-likeness (QED) is 0.633. The molecule has 2 N–H and O–H groups in total. The molecule has 1 aromatic heterocycles. The fourth-order valence-corrected chi connectivity index (χ4v) is 5.30. The topological polar surface area (TPSA) is 63.5 Å². The molecule has 0 unspecified atom stereocenters. The van der Waals surface area contributed by atoms with Crippen molar-refractivity contribution in [2.45, 2.75) is 50.7 Å². The zero-order chi connectivity index (χ0) is 19.7. The summed E-state index contributed by atoms with van der Waals surface area (Å²) < 4.78 is 7.86. The second-order valence-electron chi connectivity index (χ2n) is 8.24. The van der Waals surface area contributed by atoms with Crippen LogP contribution in [0, 0.1) is 5.92 Å². The summed E-state index contributed by atoms with van der Waals surface area (Å²) in [6.07, 6.45) is 9.32. The highest BCUT2D eigenvalue weighted by molar-refractivity contribution is 9.10. The van der Waals surface area contributed by atoms with Gasteiger partial charge in [0.05, 0.1) is 30.8 Å². The van der Waals surface area contributed by atoms with Gasteiger partial charge in [0.2, 0.25) is 0 Å². The van der Waals surface area contributed by atoms with Gasteiger partial charge in [-0.1, -0.05) is 53.2 Å². The molecule has 1 aliphatic carbocycles. The number of rotatable bonds is 5. The Morgan fingerprint density at radius 2 is 2.00 bits per heavy atom. The fourth-order valence-electron chi connectivity index (χ4n) is 4.29. The number of fused-ring (bicyclic) bond motifs is 1. The molecule has 2 fully saturated rings. The molecule has 1 saturated heterocycles. The van der Waals surface area contributed by atoms with Gasteiger partial charge in [-0.3, -0.25) is 4.79 Å². The number of nitrogens with zero attached hydrogens (tertiary/aromatic N) is 1. The van der Waals surface area contributed by atoms with E-state index in [1.54, 1.807) is 6.07 Å². The van der Waals surface area contributed by atoms with E-state index in [2.05, 4.69) is 21.2 Å². The first-order valence-corrected chi connectivity index (χ1v) is 11.2. The number of carbonyl (C=O) groups excluding carboxylic acids is 1. The van der Waals surface area contributed by atoms with Crippen LogP contribution < -0.4 is 5.32 Å². The van der Waals surface area contributed by atoms with Gasteiger partial charge in [0, 0.05) is 27.6 Å². The van der Waals surface area contributed by atoms with Crippen molar-refractivity contribution in [3.63, 3.8) is 0 Å². The van der Waals surface area contributed by atoms with Gasteiger partial charge < -0.3 is 19.7 Å². The van der Waals surface area contributed by atoms with Crippen LogP contribution in [0.4, 0.5) is 0 Å². The molecule has 0 bridgehead atoms. The van der Waals surface area contributed by atoms with E-state index in [-0.39, 0.29) is 5.91 Å². The molecule has 5 nitrogen and oxygen atoms in total. The highest BCUT2D eigenvalue weighted by Crippen LogP contribution is 2.34. The van der Waals surface area contributed by atoms with Crippen LogP contribution >= 0.6 is 27.5 Å². The summed E-state index contributed by atoms with van der Waals surface area (Å²) in [6.45, 7) is 1.69. The van der Waals surface area contributed by atoms with Gasteiger partial charge in [-0.25, -0.2) is 0 Å². The summed E-state index contributed by atoms with van der Waals surface area (Å²) in [5, 5.41) is 15.1. The normalized spacial score (nSPS) is 20.0. The van der Waals surface area contributed by atoms with Gasteiger partial charge >= 0.3 is 0 Å². The molecular weight excluding hydrogens is 444 g/mol. The number of aliphatic hydroxyl groups is 1. The Labute approximate surface area is 178 Å². The van der Waals surface area contributed by atoms with Crippen LogP contribution in [0.2, 0.25) is 5.02 Å². The van der Waals surface area contributed by atoms with Gasteiger partial charge in [0.25, 0.3) is 5.91 Å². The zero-order valence-corrected chi connectivity index (χ0v) is 18.2. The summed E-state index contributed by atoms with van der Waals surface area (Å²) in [5.74, 6) is 0.485. The van der Waals surface area contributed by atoms with E-state index >= 15 is 0 Å². The molecule has 1 saturated carbocycles. The highest BCUT2D eigenvalue weighted by atomic mass is 79.9. The van der Waals surface area contributed by atoms with Crippen molar-refractivity contribution < 1.29 is 14.6 Å². The first kappa shape index (κ1) is 20.2. The molecule has 2 aromatic rings. The average molecular weight is 470 g/mol. The highest BCUT2D eigenvalue weighted by Gasteiger charge is 2.37. The van der Waals surface area contributed by atoms with Crippen LogP contribution in [0.15, 0.2) is 22.8 Å². The lowest BCUT2D eigenvalue weighted by Gasteiger charge is -2.36. The van der Waals surface area contributed by atoms with Crippen LogP contribution in [0.1, 0.15) is 48.9 Å². The van der Waals surface area contributed by atoms with Crippen molar-refractivity contribution in [3.8, 4) is 0 Å². The second-order valence-corrected chi connectivity index (χ2v) is 9.53. The van der Waals surface area contributed by atoms with Crippen molar-refractivity contribution in [3.05, 3.63) is 33.4 Å². The predicted molar refractivity (Wildman–Crippen MR) is 114 cm³/mol. The molecule has 152 valence electrons. The number of halogens is 2. The maximum absolute atomic E-state index is 13.0. The van der Waals surface area contributed by atoms with Gasteiger partial charge in [0.15, 0.2) is 0 Å². The third-order valence-electron chi connectivity index (χ3n) is 5.87. The summed E-state index contributed by atoms with van der Waals surface area (Å²) in [7, 11) is 0. The number of hydrogen-bond acceptors (Lipinski definition) is 3. The van der Waals surface area contributed by atoms with Crippen molar-refractivity contribution in [1.29, 1.82) is 0 Å². The molecule has 2 aliphatic rings. The van der Waals surface area contributed by atoms with Crippen molar-refractivity contribution >= 4 is 44.3 Å². The van der Waals surface area contributed by atoms with E-state index < -0.39 is 5.60 Å². The van der Waals surface area contributed by atoms with Crippen molar-refractivity contribution in [2.75, 3.05) is 19.8 Å². The largest absolute Gasteiger partial charge is 0.383 e. The molecule has 0 atom stereocenters. The number of benzene rings is 1. The fraction of sp³-hybridized carbons (Fsp3) is 0.571. The first-order chi connectivity index (χ1) is 13.5. The average Bonchev–Trinajstić information content (AvgIpc) is 2.80. The zero-order valence-electron chi connectivity index (χ0n) is 15.8. The molecule has 0 radical (unpaired) electrons. The molecular formula is C21H26BrClN2O3. The molecule has 1 aromatic carbocycles. The molecule has 1 aliphatic heterocycles. The summed E-state index contributed by atoms with van der Waals surface area (Å²) >= 11 is 9.81. The Morgan fingerprint density at radius 1 is 1.29 bits per heavy atom. The van der Waals surface area contributed by atoms with E-state index in [9.17, 15) is 9.90 Å².